The van der Waals surface area contributed by atoms with Crippen molar-refractivity contribution in [3.05, 3.63) is 23.8 Å². The third-order valence-corrected chi connectivity index (χ3v) is 3.67. The predicted molar refractivity (Wildman–Crippen MR) is 76.8 cm³/mol. The lowest BCUT2D eigenvalue weighted by atomic mass is 10.0. The minimum absolute atomic E-state index is 0.266. The highest BCUT2D eigenvalue weighted by Gasteiger charge is 2.24. The molecule has 2 N–H and O–H groups in total. The smallest absolute Gasteiger partial charge is 0.162 e. The first-order chi connectivity index (χ1) is 9.27. The molecule has 1 aliphatic heterocycles. The lowest BCUT2D eigenvalue weighted by Gasteiger charge is -2.35. The van der Waals surface area contributed by atoms with Crippen LogP contribution in [0, 0.1) is 0 Å². The molecule has 0 unspecified atom stereocenters. The van der Waals surface area contributed by atoms with E-state index in [1.165, 1.54) is 0 Å². The topological polar surface area (TPSA) is 44.7 Å². The molecular formula is C15H24N2O2. The number of para-hydroxylation sites is 1. The summed E-state index contributed by atoms with van der Waals surface area (Å²) in [5, 5.41) is 13.7. The fraction of sp³-hybridized carbons (Fsp3) is 0.600. The summed E-state index contributed by atoms with van der Waals surface area (Å²) in [4.78, 5) is 2.43. The van der Waals surface area contributed by atoms with Crippen LogP contribution >= 0.6 is 0 Å². The van der Waals surface area contributed by atoms with Crippen LogP contribution in [-0.4, -0.2) is 42.8 Å². The number of hydrogen-bond donors (Lipinski definition) is 2. The predicted octanol–water partition coefficient (Wildman–Crippen LogP) is 2.15. The van der Waals surface area contributed by atoms with E-state index in [0.29, 0.717) is 18.1 Å². The van der Waals surface area contributed by atoms with Crippen molar-refractivity contribution in [3.8, 4) is 11.5 Å². The van der Waals surface area contributed by atoms with E-state index in [4.69, 9.17) is 4.74 Å². The molecule has 1 aromatic carbocycles. The van der Waals surface area contributed by atoms with Gasteiger partial charge in [-0.1, -0.05) is 19.1 Å². The zero-order valence-electron chi connectivity index (χ0n) is 11.9. The minimum atomic E-state index is 0.266. The van der Waals surface area contributed by atoms with Gasteiger partial charge in [0.2, 0.25) is 0 Å². The number of hydrogen-bond acceptors (Lipinski definition) is 4. The van der Waals surface area contributed by atoms with Crippen molar-refractivity contribution >= 4 is 0 Å². The number of ether oxygens (including phenoxy) is 1. The minimum Gasteiger partial charge on any atom is -0.504 e. The van der Waals surface area contributed by atoms with Gasteiger partial charge in [-0.15, -0.1) is 0 Å². The Kier molecular flexibility index (Phi) is 5.05. The van der Waals surface area contributed by atoms with Gasteiger partial charge in [-0.05, 0) is 19.4 Å². The van der Waals surface area contributed by atoms with Gasteiger partial charge >= 0.3 is 0 Å². The van der Waals surface area contributed by atoms with Crippen LogP contribution in [0.5, 0.6) is 11.5 Å². The molecule has 1 aromatic rings. The number of nitrogens with one attached hydrogen (secondary N) is 1. The third-order valence-electron chi connectivity index (χ3n) is 3.67. The van der Waals surface area contributed by atoms with Gasteiger partial charge in [-0.25, -0.2) is 0 Å². The molecule has 4 heteroatoms. The number of phenols is 1. The van der Waals surface area contributed by atoms with Crippen molar-refractivity contribution < 1.29 is 9.84 Å². The largest absolute Gasteiger partial charge is 0.504 e. The van der Waals surface area contributed by atoms with Gasteiger partial charge in [0.1, 0.15) is 0 Å². The van der Waals surface area contributed by atoms with Crippen LogP contribution in [0.15, 0.2) is 18.2 Å². The Morgan fingerprint density at radius 1 is 1.32 bits per heavy atom. The van der Waals surface area contributed by atoms with Crippen LogP contribution in [0.3, 0.4) is 0 Å². The molecular weight excluding hydrogens is 240 g/mol. The maximum atomic E-state index is 10.4. The molecule has 19 heavy (non-hydrogen) atoms. The van der Waals surface area contributed by atoms with Gasteiger partial charge in [-0.3, -0.25) is 4.90 Å². The quantitative estimate of drug-likeness (QED) is 0.855. The molecule has 2 rings (SSSR count). The zero-order chi connectivity index (χ0) is 13.7. The molecule has 106 valence electrons. The summed E-state index contributed by atoms with van der Waals surface area (Å²) in [5.41, 5.74) is 0.982. The molecule has 4 nitrogen and oxygen atoms in total. The van der Waals surface area contributed by atoms with Crippen LogP contribution in [0.25, 0.3) is 0 Å². The summed E-state index contributed by atoms with van der Waals surface area (Å²) in [6.45, 7) is 8.75. The first-order valence-corrected chi connectivity index (χ1v) is 7.17. The fourth-order valence-electron chi connectivity index (χ4n) is 2.75. The van der Waals surface area contributed by atoms with E-state index in [9.17, 15) is 5.11 Å². The maximum Gasteiger partial charge on any atom is 0.162 e. The van der Waals surface area contributed by atoms with E-state index in [-0.39, 0.29) is 6.04 Å². The highest BCUT2D eigenvalue weighted by atomic mass is 16.5. The van der Waals surface area contributed by atoms with Crippen molar-refractivity contribution in [3.63, 3.8) is 0 Å². The first-order valence-electron chi connectivity index (χ1n) is 7.17. The molecule has 1 saturated heterocycles. The summed E-state index contributed by atoms with van der Waals surface area (Å²) in [6.07, 6.45) is 0.989. The van der Waals surface area contributed by atoms with Crippen molar-refractivity contribution in [2.75, 3.05) is 32.8 Å². The number of aromatic hydroxyl groups is 1. The van der Waals surface area contributed by atoms with Gasteiger partial charge in [0.15, 0.2) is 11.5 Å². The van der Waals surface area contributed by atoms with Crippen LogP contribution in [0.2, 0.25) is 0 Å². The monoisotopic (exact) mass is 264 g/mol. The van der Waals surface area contributed by atoms with E-state index in [2.05, 4.69) is 17.1 Å². The van der Waals surface area contributed by atoms with E-state index in [0.717, 1.165) is 38.2 Å². The summed E-state index contributed by atoms with van der Waals surface area (Å²) in [6, 6.07) is 6.06. The van der Waals surface area contributed by atoms with Crippen LogP contribution < -0.4 is 10.1 Å². The molecule has 0 spiro atoms. The summed E-state index contributed by atoms with van der Waals surface area (Å²) in [5.74, 6) is 0.892. The molecule has 1 aliphatic rings. The van der Waals surface area contributed by atoms with Crippen molar-refractivity contribution in [2.45, 2.75) is 26.3 Å². The Balaban J connectivity index is 2.24. The van der Waals surface area contributed by atoms with Crippen molar-refractivity contribution in [1.82, 2.24) is 10.2 Å². The summed E-state index contributed by atoms with van der Waals surface area (Å²) < 4.78 is 5.48. The SMILES string of the molecule is CCOc1cccc([C@@H](CC)N2CCNCC2)c1O. The van der Waals surface area contributed by atoms with E-state index in [1.807, 2.05) is 25.1 Å². The summed E-state index contributed by atoms with van der Waals surface area (Å²) in [7, 11) is 0. The molecule has 1 fully saturated rings. The van der Waals surface area contributed by atoms with Crippen LogP contribution in [0.4, 0.5) is 0 Å². The van der Waals surface area contributed by atoms with Gasteiger partial charge < -0.3 is 15.2 Å². The van der Waals surface area contributed by atoms with Crippen molar-refractivity contribution in [2.24, 2.45) is 0 Å². The van der Waals surface area contributed by atoms with Gasteiger partial charge in [-0.2, -0.15) is 0 Å². The molecule has 1 atom stereocenters. The number of phenolic OH excluding ortho intramolecular Hbond substituents is 1. The van der Waals surface area contributed by atoms with Crippen LogP contribution in [0.1, 0.15) is 31.9 Å². The Labute approximate surface area is 115 Å². The van der Waals surface area contributed by atoms with Crippen molar-refractivity contribution in [1.29, 1.82) is 0 Å². The number of nitrogens with zero attached hydrogens (tertiary/aromatic N) is 1. The highest BCUT2D eigenvalue weighted by molar-refractivity contribution is 5.47. The van der Waals surface area contributed by atoms with Gasteiger partial charge in [0, 0.05) is 37.8 Å². The number of rotatable bonds is 5. The molecule has 0 radical (unpaired) electrons. The Bertz CT molecular complexity index is 403. The molecule has 1 heterocycles. The molecule has 0 aromatic heterocycles. The molecule has 0 bridgehead atoms. The summed E-state index contributed by atoms with van der Waals surface area (Å²) >= 11 is 0. The second-order valence-corrected chi connectivity index (χ2v) is 4.84. The third kappa shape index (κ3) is 3.19. The highest BCUT2D eigenvalue weighted by Crippen LogP contribution is 2.37. The number of piperazine rings is 1. The zero-order valence-corrected chi connectivity index (χ0v) is 11.9. The fourth-order valence-corrected chi connectivity index (χ4v) is 2.75. The van der Waals surface area contributed by atoms with Gasteiger partial charge in [0.25, 0.3) is 0 Å². The number of benzene rings is 1. The molecule has 0 saturated carbocycles. The normalized spacial score (nSPS) is 18.2. The molecule has 0 amide bonds. The standard InChI is InChI=1S/C15H24N2O2/c1-3-13(17-10-8-16-9-11-17)12-6-5-7-14(15(12)18)19-4-2/h5-7,13,16,18H,3-4,8-11H2,1-2H3/t13-/m1/s1. The Morgan fingerprint density at radius 3 is 2.68 bits per heavy atom. The second-order valence-electron chi connectivity index (χ2n) is 4.84. The average Bonchev–Trinajstić information content (AvgIpc) is 2.45. The van der Waals surface area contributed by atoms with E-state index >= 15 is 0 Å². The van der Waals surface area contributed by atoms with E-state index in [1.54, 1.807) is 0 Å². The first kappa shape index (κ1) is 14.2. The lowest BCUT2D eigenvalue weighted by molar-refractivity contribution is 0.166. The van der Waals surface area contributed by atoms with E-state index < -0.39 is 0 Å². The Hall–Kier alpha value is -1.26. The second kappa shape index (κ2) is 6.78. The Morgan fingerprint density at radius 2 is 2.05 bits per heavy atom. The van der Waals surface area contributed by atoms with Gasteiger partial charge in [0.05, 0.1) is 6.61 Å². The maximum absolute atomic E-state index is 10.4. The lowest BCUT2D eigenvalue weighted by Crippen LogP contribution is -2.45. The molecule has 0 aliphatic carbocycles. The van der Waals surface area contributed by atoms with Crippen LogP contribution in [-0.2, 0) is 0 Å². The average molecular weight is 264 g/mol.